The van der Waals surface area contributed by atoms with Gasteiger partial charge in [-0.25, -0.2) is 0 Å². The molecular formula is C20H14ClN3. The number of halogens is 1. The average Bonchev–Trinajstić information content (AvgIpc) is 3.03. The van der Waals surface area contributed by atoms with Crippen LogP contribution in [-0.2, 0) is 0 Å². The molecule has 116 valence electrons. The van der Waals surface area contributed by atoms with Gasteiger partial charge in [0.2, 0.25) is 0 Å². The van der Waals surface area contributed by atoms with E-state index in [-0.39, 0.29) is 0 Å². The first-order chi connectivity index (χ1) is 11.8. The molecule has 0 radical (unpaired) electrons. The molecule has 2 aromatic heterocycles. The summed E-state index contributed by atoms with van der Waals surface area (Å²) in [6.45, 7) is 0. The lowest BCUT2D eigenvalue weighted by molar-refractivity contribution is 1.11. The van der Waals surface area contributed by atoms with Gasteiger partial charge >= 0.3 is 0 Å². The van der Waals surface area contributed by atoms with Gasteiger partial charge in [0.25, 0.3) is 0 Å². The minimum Gasteiger partial charge on any atom is -0.277 e. The largest absolute Gasteiger partial charge is 0.277 e. The molecule has 1 N–H and O–H groups in total. The molecule has 24 heavy (non-hydrogen) atoms. The number of H-pyrrole nitrogens is 1. The van der Waals surface area contributed by atoms with Crippen molar-refractivity contribution in [1.29, 1.82) is 0 Å². The molecule has 0 unspecified atom stereocenters. The first-order valence-electron chi connectivity index (χ1n) is 7.62. The topological polar surface area (TPSA) is 41.6 Å². The molecule has 2 aromatic carbocycles. The zero-order chi connectivity index (χ0) is 16.4. The summed E-state index contributed by atoms with van der Waals surface area (Å²) in [5.74, 6) is 0. The molecule has 4 aromatic rings. The van der Waals surface area contributed by atoms with Crippen LogP contribution in [0.4, 0.5) is 0 Å². The van der Waals surface area contributed by atoms with Crippen molar-refractivity contribution in [2.75, 3.05) is 0 Å². The number of hydrogen-bond donors (Lipinski definition) is 1. The van der Waals surface area contributed by atoms with Gasteiger partial charge in [-0.05, 0) is 35.4 Å². The van der Waals surface area contributed by atoms with Crippen molar-refractivity contribution in [3.63, 3.8) is 0 Å². The van der Waals surface area contributed by atoms with Crippen molar-refractivity contribution in [3.8, 4) is 11.1 Å². The summed E-state index contributed by atoms with van der Waals surface area (Å²) in [6.07, 6.45) is 7.54. The average molecular weight is 332 g/mol. The number of benzene rings is 2. The maximum absolute atomic E-state index is 6.29. The highest BCUT2D eigenvalue weighted by Crippen LogP contribution is 2.30. The summed E-state index contributed by atoms with van der Waals surface area (Å²) >= 11 is 6.29. The maximum atomic E-state index is 6.29. The molecule has 2 heterocycles. The van der Waals surface area contributed by atoms with E-state index in [0.717, 1.165) is 33.3 Å². The second kappa shape index (κ2) is 6.30. The summed E-state index contributed by atoms with van der Waals surface area (Å²) in [6, 6.07) is 18.1. The highest BCUT2D eigenvalue weighted by atomic mass is 35.5. The fraction of sp³-hybridized carbons (Fsp3) is 0. The van der Waals surface area contributed by atoms with E-state index < -0.39 is 0 Å². The van der Waals surface area contributed by atoms with Crippen molar-refractivity contribution in [2.45, 2.75) is 0 Å². The van der Waals surface area contributed by atoms with Crippen LogP contribution in [0.3, 0.4) is 0 Å². The standard InChI is InChI=1S/C20H14ClN3/c21-18-10-11-22-13-17(18)15-7-9-20-16(12-15)19(23-24-20)8-6-14-4-2-1-3-5-14/h1-13H,(H,23,24). The number of rotatable bonds is 3. The summed E-state index contributed by atoms with van der Waals surface area (Å²) < 4.78 is 0. The van der Waals surface area contributed by atoms with E-state index in [1.54, 1.807) is 18.5 Å². The second-order valence-corrected chi connectivity index (χ2v) is 5.88. The molecule has 0 atom stereocenters. The van der Waals surface area contributed by atoms with Gasteiger partial charge in [0.15, 0.2) is 0 Å². The number of fused-ring (bicyclic) bond motifs is 1. The Bertz CT molecular complexity index is 1020. The third kappa shape index (κ3) is 2.82. The number of nitrogens with one attached hydrogen (secondary N) is 1. The lowest BCUT2D eigenvalue weighted by atomic mass is 10.0. The fourth-order valence-electron chi connectivity index (χ4n) is 2.66. The SMILES string of the molecule is Clc1ccncc1-c1ccc2[nH]nc(C=Cc3ccccc3)c2c1. The summed E-state index contributed by atoms with van der Waals surface area (Å²) in [7, 11) is 0. The predicted molar refractivity (Wildman–Crippen MR) is 99.7 cm³/mol. The molecule has 0 spiro atoms. The Balaban J connectivity index is 1.77. The number of aromatic amines is 1. The minimum absolute atomic E-state index is 0.689. The lowest BCUT2D eigenvalue weighted by Gasteiger charge is -2.03. The van der Waals surface area contributed by atoms with E-state index in [2.05, 4.69) is 39.5 Å². The zero-order valence-electron chi connectivity index (χ0n) is 12.8. The van der Waals surface area contributed by atoms with Crippen LogP contribution in [0, 0.1) is 0 Å². The van der Waals surface area contributed by atoms with Crippen molar-refractivity contribution in [2.24, 2.45) is 0 Å². The molecule has 0 saturated carbocycles. The summed E-state index contributed by atoms with van der Waals surface area (Å²) in [4.78, 5) is 4.17. The van der Waals surface area contributed by atoms with Gasteiger partial charge < -0.3 is 0 Å². The van der Waals surface area contributed by atoms with Crippen LogP contribution < -0.4 is 0 Å². The Kier molecular flexibility index (Phi) is 3.85. The van der Waals surface area contributed by atoms with Gasteiger partial charge in [-0.1, -0.05) is 54.1 Å². The molecule has 3 nitrogen and oxygen atoms in total. The van der Waals surface area contributed by atoms with Gasteiger partial charge in [0, 0.05) is 23.3 Å². The highest BCUT2D eigenvalue weighted by Gasteiger charge is 2.08. The van der Waals surface area contributed by atoms with Gasteiger partial charge in [0.1, 0.15) is 0 Å². The Morgan fingerprint density at radius 1 is 0.958 bits per heavy atom. The first kappa shape index (κ1) is 14.7. The lowest BCUT2D eigenvalue weighted by Crippen LogP contribution is -1.82. The normalized spacial score (nSPS) is 11.4. The van der Waals surface area contributed by atoms with Gasteiger partial charge in [0.05, 0.1) is 16.2 Å². The smallest absolute Gasteiger partial charge is 0.0927 e. The number of pyridine rings is 1. The van der Waals surface area contributed by atoms with E-state index in [4.69, 9.17) is 11.6 Å². The summed E-state index contributed by atoms with van der Waals surface area (Å²) in [5.41, 5.74) is 4.97. The third-order valence-corrected chi connectivity index (χ3v) is 4.23. The predicted octanol–water partition coefficient (Wildman–Crippen LogP) is 5.45. The van der Waals surface area contributed by atoms with Crippen LogP contribution in [0.1, 0.15) is 11.3 Å². The van der Waals surface area contributed by atoms with Crippen molar-refractivity contribution in [1.82, 2.24) is 15.2 Å². The van der Waals surface area contributed by atoms with E-state index in [0.29, 0.717) is 5.02 Å². The molecule has 4 heteroatoms. The molecule has 0 bridgehead atoms. The minimum atomic E-state index is 0.689. The van der Waals surface area contributed by atoms with Gasteiger partial charge in [-0.15, -0.1) is 0 Å². The third-order valence-electron chi connectivity index (χ3n) is 3.90. The van der Waals surface area contributed by atoms with E-state index in [9.17, 15) is 0 Å². The van der Waals surface area contributed by atoms with Crippen molar-refractivity contribution in [3.05, 3.63) is 83.3 Å². The summed E-state index contributed by atoms with van der Waals surface area (Å²) in [5, 5.41) is 9.22. The Hall–Kier alpha value is -2.91. The molecule has 0 fully saturated rings. The van der Waals surface area contributed by atoms with Crippen LogP contribution in [0.25, 0.3) is 34.2 Å². The van der Waals surface area contributed by atoms with Crippen LogP contribution in [0.5, 0.6) is 0 Å². The number of nitrogens with zero attached hydrogens (tertiary/aromatic N) is 2. The molecule has 0 aliphatic carbocycles. The quantitative estimate of drug-likeness (QED) is 0.542. The molecule has 0 saturated heterocycles. The van der Waals surface area contributed by atoms with Crippen LogP contribution in [-0.4, -0.2) is 15.2 Å². The van der Waals surface area contributed by atoms with Gasteiger partial charge in [-0.3, -0.25) is 10.1 Å². The first-order valence-corrected chi connectivity index (χ1v) is 8.00. The van der Waals surface area contributed by atoms with E-state index >= 15 is 0 Å². The van der Waals surface area contributed by atoms with E-state index in [1.165, 1.54) is 0 Å². The maximum Gasteiger partial charge on any atom is 0.0927 e. The monoisotopic (exact) mass is 331 g/mol. The van der Waals surface area contributed by atoms with Crippen LogP contribution in [0.2, 0.25) is 5.02 Å². The highest BCUT2D eigenvalue weighted by molar-refractivity contribution is 6.33. The molecule has 4 rings (SSSR count). The van der Waals surface area contributed by atoms with Crippen molar-refractivity contribution < 1.29 is 0 Å². The van der Waals surface area contributed by atoms with Gasteiger partial charge in [-0.2, -0.15) is 5.10 Å². The molecule has 0 aliphatic heterocycles. The zero-order valence-corrected chi connectivity index (χ0v) is 13.5. The number of aromatic nitrogens is 3. The second-order valence-electron chi connectivity index (χ2n) is 5.47. The molecule has 0 amide bonds. The Morgan fingerprint density at radius 3 is 2.67 bits per heavy atom. The van der Waals surface area contributed by atoms with Crippen LogP contribution >= 0.6 is 11.6 Å². The van der Waals surface area contributed by atoms with E-state index in [1.807, 2.05) is 36.4 Å². The molecule has 0 aliphatic rings. The number of hydrogen-bond acceptors (Lipinski definition) is 2. The molecular weight excluding hydrogens is 318 g/mol. The van der Waals surface area contributed by atoms with Crippen LogP contribution in [0.15, 0.2) is 67.0 Å². The fourth-order valence-corrected chi connectivity index (χ4v) is 2.87. The Labute approximate surface area is 144 Å². The Morgan fingerprint density at radius 2 is 1.83 bits per heavy atom. The van der Waals surface area contributed by atoms with Crippen molar-refractivity contribution >= 4 is 34.7 Å².